The lowest BCUT2D eigenvalue weighted by atomic mass is 9.69. The molecule has 1 unspecified atom stereocenters. The van der Waals surface area contributed by atoms with Crippen molar-refractivity contribution in [3.05, 3.63) is 35.9 Å². The number of hydrogen-bond donors (Lipinski definition) is 1. The Labute approximate surface area is 144 Å². The van der Waals surface area contributed by atoms with Gasteiger partial charge in [-0.3, -0.25) is 0 Å². The van der Waals surface area contributed by atoms with E-state index in [2.05, 4.69) is 17.4 Å². The molecule has 2 fully saturated rings. The zero-order valence-corrected chi connectivity index (χ0v) is 14.5. The number of nitrogens with one attached hydrogen (secondary N) is 1. The zero-order chi connectivity index (χ0) is 16.8. The summed E-state index contributed by atoms with van der Waals surface area (Å²) in [5.74, 6) is 0. The van der Waals surface area contributed by atoms with Crippen LogP contribution in [0.3, 0.4) is 0 Å². The summed E-state index contributed by atoms with van der Waals surface area (Å²) in [5, 5.41) is 3.16. The Morgan fingerprint density at radius 2 is 2.17 bits per heavy atom. The van der Waals surface area contributed by atoms with Gasteiger partial charge >= 0.3 is 6.03 Å². The van der Waals surface area contributed by atoms with Gasteiger partial charge in [-0.15, -0.1) is 0 Å². The molecule has 1 aromatic rings. The van der Waals surface area contributed by atoms with Gasteiger partial charge in [-0.2, -0.15) is 0 Å². The van der Waals surface area contributed by atoms with Crippen LogP contribution in [0.4, 0.5) is 4.79 Å². The predicted molar refractivity (Wildman–Crippen MR) is 93.0 cm³/mol. The molecular weight excluding hydrogens is 304 g/mol. The van der Waals surface area contributed by atoms with Crippen LogP contribution >= 0.6 is 0 Å². The van der Waals surface area contributed by atoms with Gasteiger partial charge in [-0.25, -0.2) is 4.79 Å². The van der Waals surface area contributed by atoms with E-state index in [9.17, 15) is 4.79 Å². The van der Waals surface area contributed by atoms with Crippen molar-refractivity contribution in [3.63, 3.8) is 0 Å². The first-order valence-corrected chi connectivity index (χ1v) is 8.87. The first-order valence-electron chi connectivity index (χ1n) is 8.87. The van der Waals surface area contributed by atoms with Crippen molar-refractivity contribution < 1.29 is 14.3 Å². The Balaban J connectivity index is 1.59. The number of methoxy groups -OCH3 is 1. The Bertz CT molecular complexity index is 531. The molecule has 1 atom stereocenters. The van der Waals surface area contributed by atoms with E-state index in [0.717, 1.165) is 19.6 Å². The van der Waals surface area contributed by atoms with Crippen LogP contribution in [0.2, 0.25) is 0 Å². The van der Waals surface area contributed by atoms with Crippen LogP contribution in [0.5, 0.6) is 0 Å². The number of carbonyl (C=O) groups is 1. The molecular formula is C19H28N2O3. The Morgan fingerprint density at radius 3 is 2.83 bits per heavy atom. The fourth-order valence-electron chi connectivity index (χ4n) is 3.66. The van der Waals surface area contributed by atoms with Crippen LogP contribution in [0.25, 0.3) is 0 Å². The summed E-state index contributed by atoms with van der Waals surface area (Å²) in [4.78, 5) is 14.7. The SMILES string of the molecule is COCC(Cc1ccccc1)NC(=O)N1CCOCC2(CCC2)C1. The fourth-order valence-corrected chi connectivity index (χ4v) is 3.66. The van der Waals surface area contributed by atoms with E-state index in [1.807, 2.05) is 23.1 Å². The van der Waals surface area contributed by atoms with Crippen molar-refractivity contribution in [1.82, 2.24) is 10.2 Å². The quantitative estimate of drug-likeness (QED) is 0.901. The predicted octanol–water partition coefficient (Wildman–Crippen LogP) is 2.46. The molecule has 1 saturated carbocycles. The molecule has 2 aliphatic rings. The van der Waals surface area contributed by atoms with Crippen LogP contribution < -0.4 is 5.32 Å². The summed E-state index contributed by atoms with van der Waals surface area (Å²) < 4.78 is 11.0. The molecule has 1 saturated heterocycles. The van der Waals surface area contributed by atoms with Crippen molar-refractivity contribution in [1.29, 1.82) is 0 Å². The maximum Gasteiger partial charge on any atom is 0.317 e. The maximum absolute atomic E-state index is 12.8. The minimum atomic E-state index is -0.0218. The number of benzene rings is 1. The lowest BCUT2D eigenvalue weighted by Gasteiger charge is -2.42. The zero-order valence-electron chi connectivity index (χ0n) is 14.5. The van der Waals surface area contributed by atoms with Crippen molar-refractivity contribution >= 4 is 6.03 Å². The third-order valence-electron chi connectivity index (χ3n) is 5.16. The highest BCUT2D eigenvalue weighted by molar-refractivity contribution is 5.74. The first kappa shape index (κ1) is 17.2. The van der Waals surface area contributed by atoms with Crippen LogP contribution in [0.15, 0.2) is 30.3 Å². The molecule has 24 heavy (non-hydrogen) atoms. The summed E-state index contributed by atoms with van der Waals surface area (Å²) in [7, 11) is 1.67. The lowest BCUT2D eigenvalue weighted by molar-refractivity contribution is 0.0125. The van der Waals surface area contributed by atoms with Crippen molar-refractivity contribution in [2.45, 2.75) is 31.7 Å². The van der Waals surface area contributed by atoms with E-state index < -0.39 is 0 Å². The molecule has 1 aliphatic carbocycles. The summed E-state index contributed by atoms with van der Waals surface area (Å²) >= 11 is 0. The Kier molecular flexibility index (Phi) is 5.74. The maximum atomic E-state index is 12.8. The van der Waals surface area contributed by atoms with E-state index >= 15 is 0 Å². The third kappa shape index (κ3) is 4.28. The minimum Gasteiger partial charge on any atom is -0.383 e. The topological polar surface area (TPSA) is 50.8 Å². The normalized spacial score (nSPS) is 21.0. The molecule has 5 heteroatoms. The molecule has 5 nitrogen and oxygen atoms in total. The summed E-state index contributed by atoms with van der Waals surface area (Å²) in [5.41, 5.74) is 1.40. The molecule has 2 amide bonds. The number of ether oxygens (including phenoxy) is 2. The second-order valence-corrected chi connectivity index (χ2v) is 7.12. The fraction of sp³-hybridized carbons (Fsp3) is 0.632. The molecule has 1 N–H and O–H groups in total. The second-order valence-electron chi connectivity index (χ2n) is 7.12. The third-order valence-corrected chi connectivity index (χ3v) is 5.16. The van der Waals surface area contributed by atoms with E-state index in [1.54, 1.807) is 7.11 Å². The Hall–Kier alpha value is -1.59. The van der Waals surface area contributed by atoms with Crippen molar-refractivity contribution in [2.75, 3.05) is 40.0 Å². The largest absolute Gasteiger partial charge is 0.383 e. The number of amides is 2. The molecule has 1 spiro atoms. The van der Waals surface area contributed by atoms with Crippen molar-refractivity contribution in [2.24, 2.45) is 5.41 Å². The highest BCUT2D eigenvalue weighted by atomic mass is 16.5. The molecule has 3 rings (SSSR count). The van der Waals surface area contributed by atoms with Crippen molar-refractivity contribution in [3.8, 4) is 0 Å². The highest BCUT2D eigenvalue weighted by Crippen LogP contribution is 2.42. The van der Waals surface area contributed by atoms with E-state index in [4.69, 9.17) is 9.47 Å². The molecule has 1 heterocycles. The molecule has 1 aromatic carbocycles. The molecule has 132 valence electrons. The monoisotopic (exact) mass is 332 g/mol. The average Bonchev–Trinajstić information content (AvgIpc) is 2.79. The average molecular weight is 332 g/mol. The van der Waals surface area contributed by atoms with Gasteiger partial charge in [0.25, 0.3) is 0 Å². The van der Waals surface area contributed by atoms with Gasteiger partial charge in [-0.1, -0.05) is 36.8 Å². The van der Waals surface area contributed by atoms with Gasteiger partial charge < -0.3 is 19.7 Å². The molecule has 0 aromatic heterocycles. The lowest BCUT2D eigenvalue weighted by Crippen LogP contribution is -2.52. The number of hydrogen-bond acceptors (Lipinski definition) is 3. The molecule has 1 aliphatic heterocycles. The number of nitrogens with zero attached hydrogens (tertiary/aromatic N) is 1. The number of carbonyl (C=O) groups excluding carboxylic acids is 1. The first-order chi connectivity index (χ1) is 11.7. The minimum absolute atomic E-state index is 0.00440. The molecule has 0 radical (unpaired) electrons. The van der Waals surface area contributed by atoms with Gasteiger partial charge in [0.05, 0.1) is 25.9 Å². The van der Waals surface area contributed by atoms with Crippen LogP contribution in [0.1, 0.15) is 24.8 Å². The van der Waals surface area contributed by atoms with Gasteiger partial charge in [0.1, 0.15) is 0 Å². The number of rotatable bonds is 5. The second kappa shape index (κ2) is 7.99. The number of urea groups is 1. The molecule has 0 bridgehead atoms. The van der Waals surface area contributed by atoms with E-state index in [-0.39, 0.29) is 17.5 Å². The summed E-state index contributed by atoms with van der Waals surface area (Å²) in [6.45, 7) is 3.41. The van der Waals surface area contributed by atoms with Gasteiger partial charge in [0, 0.05) is 25.6 Å². The smallest absolute Gasteiger partial charge is 0.317 e. The van der Waals surface area contributed by atoms with Crippen LogP contribution in [-0.4, -0.2) is 57.0 Å². The Morgan fingerprint density at radius 1 is 1.38 bits per heavy atom. The standard InChI is InChI=1S/C19H28N2O3/c1-23-13-17(12-16-6-3-2-4-7-16)20-18(22)21-10-11-24-15-19(14-21)8-5-9-19/h2-4,6-7,17H,5,8-15H2,1H3,(H,20,22). The van der Waals surface area contributed by atoms with Gasteiger partial charge in [-0.05, 0) is 24.8 Å². The summed E-state index contributed by atoms with van der Waals surface area (Å²) in [6.07, 6.45) is 4.36. The van der Waals surface area contributed by atoms with Gasteiger partial charge in [0.2, 0.25) is 0 Å². The summed E-state index contributed by atoms with van der Waals surface area (Å²) in [6, 6.07) is 10.2. The highest BCUT2D eigenvalue weighted by Gasteiger charge is 2.41. The van der Waals surface area contributed by atoms with Crippen LogP contribution in [-0.2, 0) is 15.9 Å². The van der Waals surface area contributed by atoms with Crippen LogP contribution in [0, 0.1) is 5.41 Å². The van der Waals surface area contributed by atoms with E-state index in [1.165, 1.54) is 24.8 Å². The van der Waals surface area contributed by atoms with E-state index in [0.29, 0.717) is 19.8 Å². The van der Waals surface area contributed by atoms with Gasteiger partial charge in [0.15, 0.2) is 0 Å².